The molecular formula is C12H12BrN3O3S. The van der Waals surface area contributed by atoms with Crippen LogP contribution in [0.5, 0.6) is 5.75 Å². The highest BCUT2D eigenvalue weighted by Crippen LogP contribution is 2.29. The van der Waals surface area contributed by atoms with Gasteiger partial charge in [-0.2, -0.15) is 0 Å². The number of nitrogen functional groups attached to an aromatic ring is 1. The molecule has 0 atom stereocenters. The maximum absolute atomic E-state index is 12.4. The summed E-state index contributed by atoms with van der Waals surface area (Å²) in [6.07, 6.45) is 1.49. The van der Waals surface area contributed by atoms with Crippen LogP contribution in [0.25, 0.3) is 0 Å². The van der Waals surface area contributed by atoms with Gasteiger partial charge < -0.3 is 10.5 Å². The topological polar surface area (TPSA) is 94.3 Å². The molecule has 20 heavy (non-hydrogen) atoms. The van der Waals surface area contributed by atoms with Crippen molar-refractivity contribution in [3.8, 4) is 5.75 Å². The van der Waals surface area contributed by atoms with Crippen LogP contribution < -0.4 is 15.2 Å². The number of nitrogens with two attached hydrogens (primary N) is 1. The van der Waals surface area contributed by atoms with Crippen molar-refractivity contribution in [2.45, 2.75) is 4.90 Å². The number of benzene rings is 1. The van der Waals surface area contributed by atoms with Crippen LogP contribution >= 0.6 is 15.9 Å². The molecule has 106 valence electrons. The highest BCUT2D eigenvalue weighted by molar-refractivity contribution is 9.10. The van der Waals surface area contributed by atoms with E-state index in [1.807, 2.05) is 0 Å². The molecule has 6 nitrogen and oxygen atoms in total. The fourth-order valence-corrected chi connectivity index (χ4v) is 3.27. The maximum atomic E-state index is 12.4. The molecule has 0 radical (unpaired) electrons. The predicted octanol–water partition coefficient (Wildman–Crippen LogP) is 2.24. The molecule has 0 aliphatic carbocycles. The Labute approximate surface area is 125 Å². The van der Waals surface area contributed by atoms with E-state index in [1.54, 1.807) is 18.2 Å². The molecular weight excluding hydrogens is 346 g/mol. The molecule has 0 aliphatic heterocycles. The van der Waals surface area contributed by atoms with Crippen molar-refractivity contribution in [1.29, 1.82) is 0 Å². The lowest BCUT2D eigenvalue weighted by atomic mass is 10.3. The third-order valence-electron chi connectivity index (χ3n) is 2.47. The molecule has 0 spiro atoms. The Morgan fingerprint density at radius 3 is 2.75 bits per heavy atom. The maximum Gasteiger partial charge on any atom is 0.266 e. The minimum Gasteiger partial charge on any atom is -0.495 e. The molecule has 2 rings (SSSR count). The first-order valence-electron chi connectivity index (χ1n) is 5.51. The summed E-state index contributed by atoms with van der Waals surface area (Å²) < 4.78 is 32.7. The largest absolute Gasteiger partial charge is 0.495 e. The third-order valence-corrected chi connectivity index (χ3v) is 4.47. The number of aromatic nitrogens is 1. The molecule has 1 aromatic heterocycles. The lowest BCUT2D eigenvalue weighted by Gasteiger charge is -2.12. The fraction of sp³-hybridized carbons (Fsp3) is 0.0833. The number of ether oxygens (including phenoxy) is 1. The molecule has 2 aromatic rings. The number of nitrogens with zero attached hydrogens (tertiary/aromatic N) is 1. The second-order valence-electron chi connectivity index (χ2n) is 3.85. The molecule has 0 bridgehead atoms. The van der Waals surface area contributed by atoms with E-state index in [1.165, 1.54) is 25.4 Å². The van der Waals surface area contributed by atoms with Crippen LogP contribution in [-0.4, -0.2) is 20.5 Å². The third kappa shape index (κ3) is 3.02. The molecule has 0 aliphatic rings. The van der Waals surface area contributed by atoms with E-state index in [9.17, 15) is 8.42 Å². The van der Waals surface area contributed by atoms with Gasteiger partial charge in [0.25, 0.3) is 10.0 Å². The van der Waals surface area contributed by atoms with Gasteiger partial charge in [0.05, 0.1) is 11.6 Å². The van der Waals surface area contributed by atoms with Crippen LogP contribution in [0.15, 0.2) is 45.9 Å². The van der Waals surface area contributed by atoms with E-state index < -0.39 is 10.0 Å². The number of pyridine rings is 1. The SMILES string of the molecule is COc1ccc(N)cc1S(=O)(=O)Nc1ncccc1Br. The normalized spacial score (nSPS) is 11.1. The molecule has 0 saturated carbocycles. The van der Waals surface area contributed by atoms with Crippen molar-refractivity contribution < 1.29 is 13.2 Å². The van der Waals surface area contributed by atoms with Gasteiger partial charge in [-0.3, -0.25) is 4.72 Å². The lowest BCUT2D eigenvalue weighted by Crippen LogP contribution is -2.15. The summed E-state index contributed by atoms with van der Waals surface area (Å²) in [4.78, 5) is 3.91. The summed E-state index contributed by atoms with van der Waals surface area (Å²) in [5.74, 6) is 0.399. The Bertz CT molecular complexity index is 734. The Morgan fingerprint density at radius 2 is 2.10 bits per heavy atom. The molecule has 8 heteroatoms. The molecule has 3 N–H and O–H groups in total. The zero-order valence-electron chi connectivity index (χ0n) is 10.5. The van der Waals surface area contributed by atoms with Gasteiger partial charge in [0.2, 0.25) is 0 Å². The van der Waals surface area contributed by atoms with Gasteiger partial charge in [0, 0.05) is 11.9 Å². The minimum atomic E-state index is -3.85. The molecule has 1 aromatic carbocycles. The summed E-state index contributed by atoms with van der Waals surface area (Å²) in [5, 5.41) is 0. The number of hydrogen-bond acceptors (Lipinski definition) is 5. The van der Waals surface area contributed by atoms with Crippen molar-refractivity contribution in [3.05, 3.63) is 41.0 Å². The molecule has 0 fully saturated rings. The van der Waals surface area contributed by atoms with Crippen LogP contribution in [0.3, 0.4) is 0 Å². The smallest absolute Gasteiger partial charge is 0.266 e. The number of sulfonamides is 1. The standard InChI is InChI=1S/C12H12BrN3O3S/c1-19-10-5-4-8(14)7-11(10)20(17,18)16-12-9(13)3-2-6-15-12/h2-7H,14H2,1H3,(H,15,16). The average molecular weight is 358 g/mol. The van der Waals surface area contributed by atoms with Crippen molar-refractivity contribution in [3.63, 3.8) is 0 Å². The van der Waals surface area contributed by atoms with Gasteiger partial charge in [0.1, 0.15) is 10.6 Å². The number of nitrogens with one attached hydrogen (secondary N) is 1. The van der Waals surface area contributed by atoms with Gasteiger partial charge in [-0.25, -0.2) is 13.4 Å². The van der Waals surface area contributed by atoms with Gasteiger partial charge in [-0.15, -0.1) is 0 Å². The van der Waals surface area contributed by atoms with Crippen LogP contribution in [0, 0.1) is 0 Å². The van der Waals surface area contributed by atoms with Gasteiger partial charge in [-0.1, -0.05) is 0 Å². The fourth-order valence-electron chi connectivity index (χ4n) is 1.55. The van der Waals surface area contributed by atoms with Crippen molar-refractivity contribution in [2.24, 2.45) is 0 Å². The van der Waals surface area contributed by atoms with Gasteiger partial charge in [0.15, 0.2) is 5.82 Å². The highest BCUT2D eigenvalue weighted by Gasteiger charge is 2.21. The first-order chi connectivity index (χ1) is 9.44. The highest BCUT2D eigenvalue weighted by atomic mass is 79.9. The Kier molecular flexibility index (Phi) is 4.15. The molecule has 1 heterocycles. The van der Waals surface area contributed by atoms with E-state index >= 15 is 0 Å². The van der Waals surface area contributed by atoms with Crippen molar-refractivity contribution >= 4 is 37.5 Å². The Hall–Kier alpha value is -1.80. The van der Waals surface area contributed by atoms with Crippen LogP contribution in [-0.2, 0) is 10.0 Å². The number of halogens is 1. The summed E-state index contributed by atoms with van der Waals surface area (Å²) >= 11 is 3.23. The Balaban J connectivity index is 2.46. The quantitative estimate of drug-likeness (QED) is 0.818. The monoisotopic (exact) mass is 357 g/mol. The summed E-state index contributed by atoms with van der Waals surface area (Å²) in [6, 6.07) is 7.76. The van der Waals surface area contributed by atoms with Crippen LogP contribution in [0.2, 0.25) is 0 Å². The van der Waals surface area contributed by atoms with E-state index in [4.69, 9.17) is 10.5 Å². The average Bonchev–Trinajstić information content (AvgIpc) is 2.41. The summed E-state index contributed by atoms with van der Waals surface area (Å²) in [6.45, 7) is 0. The lowest BCUT2D eigenvalue weighted by molar-refractivity contribution is 0.403. The summed E-state index contributed by atoms with van der Waals surface area (Å²) in [5.41, 5.74) is 5.95. The predicted molar refractivity (Wildman–Crippen MR) is 80.2 cm³/mol. The second kappa shape index (κ2) is 5.68. The molecule has 0 saturated heterocycles. The van der Waals surface area contributed by atoms with Gasteiger partial charge in [-0.05, 0) is 46.3 Å². The van der Waals surface area contributed by atoms with E-state index in [2.05, 4.69) is 25.6 Å². The van der Waals surface area contributed by atoms with Gasteiger partial charge >= 0.3 is 0 Å². The first kappa shape index (κ1) is 14.6. The number of hydrogen-bond donors (Lipinski definition) is 2. The number of anilines is 2. The minimum absolute atomic E-state index is 0.0439. The van der Waals surface area contributed by atoms with Crippen LogP contribution in [0.1, 0.15) is 0 Å². The molecule has 0 amide bonds. The summed E-state index contributed by atoms with van der Waals surface area (Å²) in [7, 11) is -2.46. The second-order valence-corrected chi connectivity index (χ2v) is 6.35. The van der Waals surface area contributed by atoms with E-state index in [0.29, 0.717) is 10.2 Å². The zero-order chi connectivity index (χ0) is 14.8. The zero-order valence-corrected chi connectivity index (χ0v) is 12.9. The molecule has 0 unspecified atom stereocenters. The Morgan fingerprint density at radius 1 is 1.35 bits per heavy atom. The number of rotatable bonds is 4. The van der Waals surface area contributed by atoms with E-state index in [0.717, 1.165) is 0 Å². The number of methoxy groups -OCH3 is 1. The van der Waals surface area contributed by atoms with Crippen molar-refractivity contribution in [1.82, 2.24) is 4.98 Å². The van der Waals surface area contributed by atoms with E-state index in [-0.39, 0.29) is 16.5 Å². The van der Waals surface area contributed by atoms with Crippen LogP contribution in [0.4, 0.5) is 11.5 Å². The van der Waals surface area contributed by atoms with Crippen molar-refractivity contribution in [2.75, 3.05) is 17.6 Å². The first-order valence-corrected chi connectivity index (χ1v) is 7.78.